The highest BCUT2D eigenvalue weighted by atomic mass is 16.7. The van der Waals surface area contributed by atoms with Gasteiger partial charge in [-0.1, -0.05) is 0 Å². The number of methoxy groups -OCH3 is 4. The molecule has 0 saturated carbocycles. The molecule has 1 heterocycles. The van der Waals surface area contributed by atoms with Crippen LogP contribution in [0.4, 0.5) is 0 Å². The minimum absolute atomic E-state index is 0.177. The molecule has 1 aliphatic rings. The lowest BCUT2D eigenvalue weighted by atomic mass is 9.94. The van der Waals surface area contributed by atoms with Crippen LogP contribution in [0.1, 0.15) is 13.8 Å². The molecule has 1 fully saturated rings. The predicted octanol–water partition coefficient (Wildman–Crippen LogP) is -0.102. The van der Waals surface area contributed by atoms with Crippen molar-refractivity contribution in [1.82, 2.24) is 0 Å². The average Bonchev–Trinajstić information content (AvgIpc) is 2.55. The number of hydrogen-bond donors (Lipinski definition) is 0. The zero-order valence-corrected chi connectivity index (χ0v) is 14.8. The quantitative estimate of drug-likeness (QED) is 0.556. The van der Waals surface area contributed by atoms with Gasteiger partial charge in [0, 0.05) is 42.3 Å². The van der Waals surface area contributed by atoms with Crippen LogP contribution in [0.25, 0.3) is 0 Å². The molecule has 0 aromatic heterocycles. The third-order valence-corrected chi connectivity index (χ3v) is 3.71. The summed E-state index contributed by atoms with van der Waals surface area (Å²) in [5.74, 6) is -1.04. The Morgan fingerprint density at radius 1 is 0.875 bits per heavy atom. The topological polar surface area (TPSA) is 98.8 Å². The van der Waals surface area contributed by atoms with E-state index in [2.05, 4.69) is 0 Å². The molecule has 1 rings (SSSR count). The fourth-order valence-electron chi connectivity index (χ4n) is 2.72. The first-order chi connectivity index (χ1) is 11.4. The molecular weight excluding hydrogens is 324 g/mol. The van der Waals surface area contributed by atoms with E-state index in [-0.39, 0.29) is 6.61 Å². The maximum Gasteiger partial charge on any atom is 0.303 e. The Hall–Kier alpha value is -1.26. The van der Waals surface area contributed by atoms with Gasteiger partial charge in [-0.3, -0.25) is 9.59 Å². The molecule has 24 heavy (non-hydrogen) atoms. The van der Waals surface area contributed by atoms with Crippen molar-refractivity contribution in [1.29, 1.82) is 0 Å². The summed E-state index contributed by atoms with van der Waals surface area (Å²) in [6.07, 6.45) is -4.16. The van der Waals surface area contributed by atoms with Crippen molar-refractivity contribution in [3.63, 3.8) is 0 Å². The molecule has 0 aliphatic carbocycles. The first kappa shape index (κ1) is 20.8. The minimum atomic E-state index is -0.885. The smallest absolute Gasteiger partial charge is 0.303 e. The lowest BCUT2D eigenvalue weighted by Crippen LogP contribution is -2.63. The van der Waals surface area contributed by atoms with E-state index in [0.717, 1.165) is 0 Å². The van der Waals surface area contributed by atoms with Gasteiger partial charge in [0.1, 0.15) is 31.0 Å². The van der Waals surface area contributed by atoms with Crippen molar-refractivity contribution < 1.29 is 42.7 Å². The summed E-state index contributed by atoms with van der Waals surface area (Å²) in [6, 6.07) is 0. The molecule has 6 atom stereocenters. The number of carbonyl (C=O) groups excluding carboxylic acids is 2. The Kier molecular flexibility index (Phi) is 8.57. The van der Waals surface area contributed by atoms with Crippen LogP contribution >= 0.6 is 0 Å². The van der Waals surface area contributed by atoms with Crippen molar-refractivity contribution in [3.05, 3.63) is 0 Å². The molecule has 1 saturated heterocycles. The van der Waals surface area contributed by atoms with Gasteiger partial charge in [-0.15, -0.1) is 0 Å². The number of rotatable bonds is 8. The van der Waals surface area contributed by atoms with Gasteiger partial charge in [-0.25, -0.2) is 0 Å². The van der Waals surface area contributed by atoms with E-state index in [9.17, 15) is 9.59 Å². The van der Waals surface area contributed by atoms with Crippen molar-refractivity contribution in [3.8, 4) is 0 Å². The average molecular weight is 350 g/mol. The van der Waals surface area contributed by atoms with E-state index in [1.807, 2.05) is 0 Å². The second-order valence-electron chi connectivity index (χ2n) is 5.26. The number of carbonyl (C=O) groups is 2. The van der Waals surface area contributed by atoms with Crippen LogP contribution in [-0.2, 0) is 42.7 Å². The maximum atomic E-state index is 11.4. The molecule has 0 N–H and O–H groups in total. The molecule has 0 bridgehead atoms. The number of hydrogen-bond acceptors (Lipinski definition) is 9. The van der Waals surface area contributed by atoms with Gasteiger partial charge < -0.3 is 33.2 Å². The van der Waals surface area contributed by atoms with E-state index in [1.54, 1.807) is 0 Å². The largest absolute Gasteiger partial charge is 0.462 e. The second kappa shape index (κ2) is 9.90. The first-order valence-corrected chi connectivity index (χ1v) is 7.46. The first-order valence-electron chi connectivity index (χ1n) is 7.46. The highest BCUT2D eigenvalue weighted by Gasteiger charge is 2.51. The predicted molar refractivity (Wildman–Crippen MR) is 80.2 cm³/mol. The Balaban J connectivity index is 3.07. The van der Waals surface area contributed by atoms with Gasteiger partial charge in [0.2, 0.25) is 0 Å². The summed E-state index contributed by atoms with van der Waals surface area (Å²) >= 11 is 0. The highest BCUT2D eigenvalue weighted by Crippen LogP contribution is 2.30. The van der Waals surface area contributed by atoms with Crippen LogP contribution in [0.15, 0.2) is 0 Å². The Bertz CT molecular complexity index is 414. The van der Waals surface area contributed by atoms with Gasteiger partial charge in [0.25, 0.3) is 0 Å². The van der Waals surface area contributed by atoms with Gasteiger partial charge in [-0.2, -0.15) is 0 Å². The number of esters is 2. The van der Waals surface area contributed by atoms with E-state index in [4.69, 9.17) is 33.2 Å². The molecule has 9 nitrogen and oxygen atoms in total. The number of ether oxygens (including phenoxy) is 7. The zero-order chi connectivity index (χ0) is 18.3. The van der Waals surface area contributed by atoms with Crippen LogP contribution < -0.4 is 0 Å². The van der Waals surface area contributed by atoms with Crippen LogP contribution in [0.2, 0.25) is 0 Å². The van der Waals surface area contributed by atoms with Gasteiger partial charge in [0.15, 0.2) is 12.4 Å². The third kappa shape index (κ3) is 5.12. The second-order valence-corrected chi connectivity index (χ2v) is 5.26. The normalized spacial score (nSPS) is 31.3. The zero-order valence-electron chi connectivity index (χ0n) is 14.8. The maximum absolute atomic E-state index is 11.4. The van der Waals surface area contributed by atoms with Crippen LogP contribution in [0.3, 0.4) is 0 Å². The van der Waals surface area contributed by atoms with Crippen LogP contribution in [0.5, 0.6) is 0 Å². The fourth-order valence-corrected chi connectivity index (χ4v) is 2.72. The molecule has 0 radical (unpaired) electrons. The Morgan fingerprint density at radius 3 is 1.88 bits per heavy atom. The molecule has 0 amide bonds. The summed E-state index contributed by atoms with van der Waals surface area (Å²) in [5, 5.41) is 0. The third-order valence-electron chi connectivity index (χ3n) is 3.71. The van der Waals surface area contributed by atoms with Crippen LogP contribution in [-0.4, -0.2) is 83.8 Å². The lowest BCUT2D eigenvalue weighted by Gasteiger charge is -2.45. The van der Waals surface area contributed by atoms with Gasteiger partial charge >= 0.3 is 11.9 Å². The summed E-state index contributed by atoms with van der Waals surface area (Å²) in [4.78, 5) is 22.5. The molecule has 0 aromatic carbocycles. The van der Waals surface area contributed by atoms with Crippen molar-refractivity contribution in [2.45, 2.75) is 50.7 Å². The SMILES string of the molecule is COC1OC(C(COC(C)=O)OC(C)=O)C(OC)C(OC)C1OC. The monoisotopic (exact) mass is 350 g/mol. The molecule has 6 unspecified atom stereocenters. The Morgan fingerprint density at radius 2 is 1.46 bits per heavy atom. The van der Waals surface area contributed by atoms with E-state index in [1.165, 1.54) is 42.3 Å². The van der Waals surface area contributed by atoms with E-state index in [0.29, 0.717) is 0 Å². The van der Waals surface area contributed by atoms with Crippen molar-refractivity contribution >= 4 is 11.9 Å². The van der Waals surface area contributed by atoms with Crippen molar-refractivity contribution in [2.24, 2.45) is 0 Å². The minimum Gasteiger partial charge on any atom is -0.462 e. The summed E-state index contributed by atoms with van der Waals surface area (Å²) in [5.41, 5.74) is 0. The van der Waals surface area contributed by atoms with Crippen LogP contribution in [0, 0.1) is 0 Å². The standard InChI is InChI=1S/C15H26O9/c1-8(16)22-7-10(23-9(2)17)11-12(18-3)13(19-4)14(20-5)15(21-6)24-11/h10-15H,7H2,1-6H3. The lowest BCUT2D eigenvalue weighted by molar-refractivity contribution is -0.317. The fraction of sp³-hybridized carbons (Fsp3) is 0.867. The summed E-state index contributed by atoms with van der Waals surface area (Å²) in [6.45, 7) is 2.34. The molecule has 0 aromatic rings. The van der Waals surface area contributed by atoms with E-state index < -0.39 is 48.7 Å². The summed E-state index contributed by atoms with van der Waals surface area (Å²) in [7, 11) is 5.94. The van der Waals surface area contributed by atoms with Crippen molar-refractivity contribution in [2.75, 3.05) is 35.0 Å². The van der Waals surface area contributed by atoms with E-state index >= 15 is 0 Å². The summed E-state index contributed by atoms with van der Waals surface area (Å²) < 4.78 is 37.7. The molecule has 1 aliphatic heterocycles. The molecule has 9 heteroatoms. The Labute approximate surface area is 141 Å². The molecular formula is C15H26O9. The highest BCUT2D eigenvalue weighted by molar-refractivity contribution is 5.67. The molecule has 0 spiro atoms. The van der Waals surface area contributed by atoms with Gasteiger partial charge in [-0.05, 0) is 0 Å². The van der Waals surface area contributed by atoms with Gasteiger partial charge in [0.05, 0.1) is 0 Å². The molecule has 140 valence electrons.